The zero-order valence-electron chi connectivity index (χ0n) is 15.9. The number of amides is 1. The lowest BCUT2D eigenvalue weighted by atomic mass is 9.94. The summed E-state index contributed by atoms with van der Waals surface area (Å²) in [6.45, 7) is 0.729. The molecule has 170 valence electrons. The second-order valence-corrected chi connectivity index (χ2v) is 10.6. The monoisotopic (exact) mass is 482 g/mol. The first-order valence-corrected chi connectivity index (χ1v) is 12.1. The van der Waals surface area contributed by atoms with Crippen LogP contribution in [0.2, 0.25) is 0 Å². The van der Waals surface area contributed by atoms with Crippen molar-refractivity contribution in [2.24, 2.45) is 5.92 Å². The lowest BCUT2D eigenvalue weighted by molar-refractivity contribution is -0.122. The van der Waals surface area contributed by atoms with Gasteiger partial charge in [-0.05, 0) is 49.6 Å². The van der Waals surface area contributed by atoms with Crippen molar-refractivity contribution in [2.75, 3.05) is 13.1 Å². The number of hydrogen-bond donors (Lipinski definition) is 1. The Kier molecular flexibility index (Phi) is 6.31. The van der Waals surface area contributed by atoms with Gasteiger partial charge in [-0.25, -0.2) is 25.9 Å². The molecule has 1 aliphatic heterocycles. The SMILES string of the molecule is O=C(NS(=O)(=O)c1ccc(S(=O)(=O)N2CCCC2)cc1)C1CC=C(C(F)(F)F)C=C1F. The molecule has 7 nitrogen and oxygen atoms in total. The highest BCUT2D eigenvalue weighted by molar-refractivity contribution is 7.90. The zero-order valence-corrected chi connectivity index (χ0v) is 17.5. The summed E-state index contributed by atoms with van der Waals surface area (Å²) in [5.74, 6) is -4.47. The molecule has 1 aromatic rings. The van der Waals surface area contributed by atoms with E-state index in [1.807, 2.05) is 0 Å². The predicted molar refractivity (Wildman–Crippen MR) is 101 cm³/mol. The molecule has 1 fully saturated rings. The van der Waals surface area contributed by atoms with Crippen molar-refractivity contribution in [1.82, 2.24) is 9.03 Å². The molecule has 0 bridgehead atoms. The molecule has 13 heteroatoms. The van der Waals surface area contributed by atoms with E-state index in [0.29, 0.717) is 19.2 Å². The lowest BCUT2D eigenvalue weighted by Gasteiger charge is -2.19. The number of alkyl halides is 3. The van der Waals surface area contributed by atoms with Gasteiger partial charge in [-0.15, -0.1) is 0 Å². The van der Waals surface area contributed by atoms with Crippen LogP contribution in [0.1, 0.15) is 19.3 Å². The van der Waals surface area contributed by atoms with Gasteiger partial charge >= 0.3 is 6.18 Å². The summed E-state index contributed by atoms with van der Waals surface area (Å²) in [6.07, 6.45) is -3.24. The fourth-order valence-electron chi connectivity index (χ4n) is 3.23. The topological polar surface area (TPSA) is 101 Å². The molecule has 1 unspecified atom stereocenters. The maximum absolute atomic E-state index is 14.0. The number of rotatable bonds is 5. The molecule has 2 aliphatic rings. The molecule has 1 saturated heterocycles. The summed E-state index contributed by atoms with van der Waals surface area (Å²) in [7, 11) is -8.27. The fraction of sp³-hybridized carbons (Fsp3) is 0.389. The fourth-order valence-corrected chi connectivity index (χ4v) is 5.76. The van der Waals surface area contributed by atoms with Gasteiger partial charge < -0.3 is 0 Å². The third-order valence-corrected chi connectivity index (χ3v) is 8.19. The van der Waals surface area contributed by atoms with Gasteiger partial charge in [0.05, 0.1) is 21.3 Å². The van der Waals surface area contributed by atoms with Crippen LogP contribution in [-0.2, 0) is 24.8 Å². The van der Waals surface area contributed by atoms with Crippen molar-refractivity contribution >= 4 is 26.0 Å². The smallest absolute Gasteiger partial charge is 0.273 e. The van der Waals surface area contributed by atoms with E-state index in [1.165, 1.54) is 4.31 Å². The highest BCUT2D eigenvalue weighted by atomic mass is 32.2. The molecule has 3 rings (SSSR count). The van der Waals surface area contributed by atoms with Gasteiger partial charge in [0, 0.05) is 13.1 Å². The number of sulfonamides is 2. The summed E-state index contributed by atoms with van der Waals surface area (Å²) in [5, 5.41) is 0. The van der Waals surface area contributed by atoms with Crippen molar-refractivity contribution in [3.05, 3.63) is 47.8 Å². The van der Waals surface area contributed by atoms with Crippen LogP contribution in [0.3, 0.4) is 0 Å². The second kappa shape index (κ2) is 8.36. The third kappa shape index (κ3) is 4.99. The minimum Gasteiger partial charge on any atom is -0.273 e. The molecule has 0 radical (unpaired) electrons. The van der Waals surface area contributed by atoms with Gasteiger partial charge in [-0.3, -0.25) is 4.79 Å². The first kappa shape index (κ1) is 23.4. The van der Waals surface area contributed by atoms with Gasteiger partial charge in [0.25, 0.3) is 10.0 Å². The van der Waals surface area contributed by atoms with Gasteiger partial charge in [0.15, 0.2) is 0 Å². The quantitative estimate of drug-likeness (QED) is 0.651. The molecule has 0 aromatic heterocycles. The summed E-state index contributed by atoms with van der Waals surface area (Å²) in [6, 6.07) is 4.11. The van der Waals surface area contributed by atoms with E-state index in [0.717, 1.165) is 37.1 Å². The average molecular weight is 482 g/mol. The number of nitrogens with one attached hydrogen (secondary N) is 1. The predicted octanol–water partition coefficient (Wildman–Crippen LogP) is 2.64. The molecule has 1 aliphatic carbocycles. The number of allylic oxidation sites excluding steroid dienone is 3. The first-order valence-electron chi connectivity index (χ1n) is 9.14. The van der Waals surface area contributed by atoms with Crippen LogP contribution in [0.25, 0.3) is 0 Å². The lowest BCUT2D eigenvalue weighted by Crippen LogP contribution is -2.36. The Bertz CT molecular complexity index is 1130. The van der Waals surface area contributed by atoms with E-state index in [2.05, 4.69) is 0 Å². The first-order chi connectivity index (χ1) is 14.3. The van der Waals surface area contributed by atoms with E-state index < -0.39 is 60.8 Å². The zero-order chi connectivity index (χ0) is 23.0. The molecule has 0 saturated carbocycles. The number of carbonyl (C=O) groups is 1. The Morgan fingerprint density at radius 2 is 1.55 bits per heavy atom. The van der Waals surface area contributed by atoms with Crippen molar-refractivity contribution < 1.29 is 39.2 Å². The minimum atomic E-state index is -4.79. The van der Waals surface area contributed by atoms with Crippen LogP contribution >= 0.6 is 0 Å². The molecular formula is C18H18F4N2O5S2. The van der Waals surface area contributed by atoms with Crippen molar-refractivity contribution in [3.63, 3.8) is 0 Å². The van der Waals surface area contributed by atoms with Crippen LogP contribution < -0.4 is 4.72 Å². The molecule has 1 atom stereocenters. The van der Waals surface area contributed by atoms with Gasteiger partial charge in [0.2, 0.25) is 15.9 Å². The summed E-state index contributed by atoms with van der Waals surface area (Å²) >= 11 is 0. The number of halogens is 4. The van der Waals surface area contributed by atoms with E-state index in [9.17, 15) is 39.2 Å². The van der Waals surface area contributed by atoms with Crippen LogP contribution in [-0.4, -0.2) is 46.3 Å². The Balaban J connectivity index is 1.73. The summed E-state index contributed by atoms with van der Waals surface area (Å²) in [5.41, 5.74) is -1.26. The largest absolute Gasteiger partial charge is 0.416 e. The third-order valence-electron chi connectivity index (χ3n) is 4.92. The second-order valence-electron chi connectivity index (χ2n) is 7.03. The number of hydrogen-bond acceptors (Lipinski definition) is 5. The molecular weight excluding hydrogens is 464 g/mol. The van der Waals surface area contributed by atoms with E-state index >= 15 is 0 Å². The van der Waals surface area contributed by atoms with Gasteiger partial charge in [-0.1, -0.05) is 6.08 Å². The van der Waals surface area contributed by atoms with Gasteiger partial charge in [-0.2, -0.15) is 17.5 Å². The standard InChI is InChI=1S/C18H18F4N2O5S2/c19-16-11-12(18(20,21)22)3-8-15(16)17(25)23-30(26,27)13-4-6-14(7-5-13)31(28,29)24-9-1-2-10-24/h3-7,11,15H,1-2,8-10H2,(H,23,25). The number of carbonyl (C=O) groups excluding carboxylic acids is 1. The van der Waals surface area contributed by atoms with E-state index in [4.69, 9.17) is 0 Å². The highest BCUT2D eigenvalue weighted by Gasteiger charge is 2.37. The van der Waals surface area contributed by atoms with Crippen molar-refractivity contribution in [3.8, 4) is 0 Å². The Morgan fingerprint density at radius 1 is 1.00 bits per heavy atom. The molecule has 1 amide bonds. The van der Waals surface area contributed by atoms with E-state index in [1.54, 1.807) is 4.72 Å². The average Bonchev–Trinajstić information content (AvgIpc) is 3.22. The molecule has 0 spiro atoms. The van der Waals surface area contributed by atoms with Crippen LogP contribution in [0, 0.1) is 5.92 Å². The Labute approximate surface area is 176 Å². The maximum atomic E-state index is 14.0. The Morgan fingerprint density at radius 3 is 2.06 bits per heavy atom. The maximum Gasteiger partial charge on any atom is 0.416 e. The van der Waals surface area contributed by atoms with Crippen molar-refractivity contribution in [2.45, 2.75) is 35.2 Å². The van der Waals surface area contributed by atoms with Crippen molar-refractivity contribution in [1.29, 1.82) is 0 Å². The summed E-state index contributed by atoms with van der Waals surface area (Å²) in [4.78, 5) is 11.6. The molecule has 1 aromatic carbocycles. The highest BCUT2D eigenvalue weighted by Crippen LogP contribution is 2.34. The number of nitrogens with zero attached hydrogens (tertiary/aromatic N) is 1. The molecule has 1 heterocycles. The number of benzene rings is 1. The Hall–Kier alpha value is -2.25. The normalized spacial score (nSPS) is 20.8. The summed E-state index contributed by atoms with van der Waals surface area (Å²) < 4.78 is 105. The van der Waals surface area contributed by atoms with Crippen LogP contribution in [0.4, 0.5) is 17.6 Å². The van der Waals surface area contributed by atoms with Crippen LogP contribution in [0.5, 0.6) is 0 Å². The molecule has 31 heavy (non-hydrogen) atoms. The van der Waals surface area contributed by atoms with Crippen LogP contribution in [0.15, 0.2) is 57.6 Å². The molecule has 1 N–H and O–H groups in total. The minimum absolute atomic E-state index is 0.120. The van der Waals surface area contributed by atoms with Gasteiger partial charge in [0.1, 0.15) is 5.83 Å². The van der Waals surface area contributed by atoms with E-state index in [-0.39, 0.29) is 11.0 Å².